The van der Waals surface area contributed by atoms with Crippen LogP contribution in [0.25, 0.3) is 12.2 Å². The van der Waals surface area contributed by atoms with E-state index in [0.29, 0.717) is 0 Å². The first-order valence-electron chi connectivity index (χ1n) is 7.09. The highest BCUT2D eigenvalue weighted by molar-refractivity contribution is 5.57. The number of rotatable bonds is 5. The molecule has 21 heavy (non-hydrogen) atoms. The van der Waals surface area contributed by atoms with Crippen LogP contribution in [0.1, 0.15) is 11.1 Å². The van der Waals surface area contributed by atoms with E-state index in [1.165, 1.54) is 16.8 Å². The number of allylic oxidation sites excluding steroid dienone is 4. The molecular weight excluding hydrogens is 254 g/mol. The third-order valence-electron chi connectivity index (χ3n) is 3.12. The molecule has 0 aliphatic carbocycles. The summed E-state index contributed by atoms with van der Waals surface area (Å²) in [6, 6.07) is 18.8. The molecule has 0 aliphatic rings. The van der Waals surface area contributed by atoms with Crippen LogP contribution in [0.4, 0.5) is 5.69 Å². The van der Waals surface area contributed by atoms with Gasteiger partial charge in [-0.3, -0.25) is 0 Å². The predicted molar refractivity (Wildman–Crippen MR) is 94.4 cm³/mol. The molecule has 0 spiro atoms. The Labute approximate surface area is 127 Å². The second kappa shape index (κ2) is 7.91. The first kappa shape index (κ1) is 14.9. The zero-order valence-electron chi connectivity index (χ0n) is 12.6. The molecule has 1 nitrogen and oxygen atoms in total. The number of hydrogen-bond donors (Lipinski definition) is 0. The molecule has 0 unspecified atom stereocenters. The van der Waals surface area contributed by atoms with E-state index in [4.69, 9.17) is 0 Å². The van der Waals surface area contributed by atoms with Crippen molar-refractivity contribution in [3.8, 4) is 0 Å². The van der Waals surface area contributed by atoms with Crippen LogP contribution >= 0.6 is 0 Å². The first-order chi connectivity index (χ1) is 10.3. The molecule has 0 aromatic heterocycles. The lowest BCUT2D eigenvalue weighted by molar-refractivity contribution is 1.13. The van der Waals surface area contributed by atoms with Crippen molar-refractivity contribution in [2.75, 3.05) is 19.0 Å². The van der Waals surface area contributed by atoms with Crippen LogP contribution in [0.2, 0.25) is 0 Å². The zero-order valence-corrected chi connectivity index (χ0v) is 12.6. The van der Waals surface area contributed by atoms with Crippen LogP contribution in [0.5, 0.6) is 0 Å². The van der Waals surface area contributed by atoms with Crippen molar-refractivity contribution in [3.05, 3.63) is 90.0 Å². The van der Waals surface area contributed by atoms with Crippen molar-refractivity contribution in [1.29, 1.82) is 0 Å². The maximum absolute atomic E-state index is 2.12. The van der Waals surface area contributed by atoms with E-state index in [0.717, 1.165) is 0 Å². The molecule has 0 radical (unpaired) electrons. The number of nitrogens with zero attached hydrogens (tertiary/aromatic N) is 1. The highest BCUT2D eigenvalue weighted by Gasteiger charge is 1.92. The molecule has 2 rings (SSSR count). The van der Waals surface area contributed by atoms with Crippen molar-refractivity contribution in [1.82, 2.24) is 0 Å². The second-order valence-corrected chi connectivity index (χ2v) is 5.00. The van der Waals surface area contributed by atoms with E-state index in [1.54, 1.807) is 0 Å². The maximum atomic E-state index is 2.12. The van der Waals surface area contributed by atoms with Gasteiger partial charge in [0.15, 0.2) is 0 Å². The van der Waals surface area contributed by atoms with Crippen LogP contribution in [0.15, 0.2) is 78.9 Å². The Hall–Kier alpha value is -2.54. The highest BCUT2D eigenvalue weighted by Crippen LogP contribution is 2.13. The van der Waals surface area contributed by atoms with Crippen LogP contribution in [-0.2, 0) is 0 Å². The summed E-state index contributed by atoms with van der Waals surface area (Å²) in [4.78, 5) is 2.10. The van der Waals surface area contributed by atoms with Gasteiger partial charge in [-0.05, 0) is 23.3 Å². The molecule has 0 bridgehead atoms. The second-order valence-electron chi connectivity index (χ2n) is 5.00. The lowest BCUT2D eigenvalue weighted by atomic mass is 10.2. The van der Waals surface area contributed by atoms with Gasteiger partial charge in [-0.2, -0.15) is 0 Å². The quantitative estimate of drug-likeness (QED) is 0.691. The van der Waals surface area contributed by atoms with Crippen LogP contribution in [0, 0.1) is 0 Å². The van der Waals surface area contributed by atoms with Gasteiger partial charge in [0.25, 0.3) is 0 Å². The molecule has 0 saturated heterocycles. The molecule has 2 aromatic carbocycles. The Morgan fingerprint density at radius 1 is 0.619 bits per heavy atom. The van der Waals surface area contributed by atoms with Crippen molar-refractivity contribution in [3.63, 3.8) is 0 Å². The Morgan fingerprint density at radius 2 is 1.14 bits per heavy atom. The highest BCUT2D eigenvalue weighted by atomic mass is 15.1. The average Bonchev–Trinajstić information content (AvgIpc) is 2.52. The van der Waals surface area contributed by atoms with E-state index in [-0.39, 0.29) is 0 Å². The summed E-state index contributed by atoms with van der Waals surface area (Å²) in [5, 5.41) is 0. The lowest BCUT2D eigenvalue weighted by Gasteiger charge is -2.11. The van der Waals surface area contributed by atoms with E-state index in [2.05, 4.69) is 65.6 Å². The molecule has 106 valence electrons. The fourth-order valence-electron chi connectivity index (χ4n) is 1.91. The minimum Gasteiger partial charge on any atom is -0.378 e. The minimum absolute atomic E-state index is 1.21. The third kappa shape index (κ3) is 5.15. The number of anilines is 1. The predicted octanol–water partition coefficient (Wildman–Crippen LogP) is 5.04. The molecule has 2 aromatic rings. The van der Waals surface area contributed by atoms with Gasteiger partial charge in [0.1, 0.15) is 0 Å². The van der Waals surface area contributed by atoms with Gasteiger partial charge in [0.05, 0.1) is 0 Å². The molecule has 0 saturated carbocycles. The Morgan fingerprint density at radius 3 is 1.67 bits per heavy atom. The van der Waals surface area contributed by atoms with Crippen LogP contribution in [0.3, 0.4) is 0 Å². The van der Waals surface area contributed by atoms with Gasteiger partial charge >= 0.3 is 0 Å². The summed E-state index contributed by atoms with van der Waals surface area (Å²) in [6.45, 7) is 0. The molecule has 0 amide bonds. The van der Waals surface area contributed by atoms with Gasteiger partial charge in [-0.15, -0.1) is 0 Å². The van der Waals surface area contributed by atoms with Crippen molar-refractivity contribution in [2.45, 2.75) is 0 Å². The fourth-order valence-corrected chi connectivity index (χ4v) is 1.91. The minimum atomic E-state index is 1.21. The summed E-state index contributed by atoms with van der Waals surface area (Å²) in [5.74, 6) is 0. The smallest absolute Gasteiger partial charge is 0.0361 e. The molecule has 0 atom stereocenters. The SMILES string of the molecule is CN(C)c1ccc(\C=C/C=C\C=C/c2ccccc2)cc1. The molecule has 1 heteroatoms. The monoisotopic (exact) mass is 275 g/mol. The average molecular weight is 275 g/mol. The van der Waals surface area contributed by atoms with Crippen LogP contribution in [-0.4, -0.2) is 14.1 Å². The zero-order chi connectivity index (χ0) is 14.9. The molecule has 0 heterocycles. The van der Waals surface area contributed by atoms with Crippen LogP contribution < -0.4 is 4.90 Å². The van der Waals surface area contributed by atoms with E-state index >= 15 is 0 Å². The maximum Gasteiger partial charge on any atom is 0.0361 e. The van der Waals surface area contributed by atoms with Gasteiger partial charge in [0, 0.05) is 19.8 Å². The summed E-state index contributed by atoms with van der Waals surface area (Å²) < 4.78 is 0. The largest absolute Gasteiger partial charge is 0.378 e. The molecule has 0 aliphatic heterocycles. The van der Waals surface area contributed by atoms with Crippen molar-refractivity contribution < 1.29 is 0 Å². The lowest BCUT2D eigenvalue weighted by Crippen LogP contribution is -2.07. The van der Waals surface area contributed by atoms with E-state index < -0.39 is 0 Å². The summed E-state index contributed by atoms with van der Waals surface area (Å²) in [7, 11) is 4.10. The number of hydrogen-bond acceptors (Lipinski definition) is 1. The molecule has 0 N–H and O–H groups in total. The van der Waals surface area contributed by atoms with Crippen molar-refractivity contribution >= 4 is 17.8 Å². The summed E-state index contributed by atoms with van der Waals surface area (Å²) in [6.07, 6.45) is 12.4. The third-order valence-corrected chi connectivity index (χ3v) is 3.12. The van der Waals surface area contributed by atoms with Gasteiger partial charge in [0.2, 0.25) is 0 Å². The summed E-state index contributed by atoms with van der Waals surface area (Å²) in [5.41, 5.74) is 3.64. The molecule has 0 fully saturated rings. The standard InChI is InChI=1S/C20H21N/c1-21(2)20-16-14-19(15-17-20)13-7-4-3-6-10-18-11-8-5-9-12-18/h3-17H,1-2H3/b4-3-,10-6-,13-7-. The van der Waals surface area contributed by atoms with E-state index in [9.17, 15) is 0 Å². The Kier molecular flexibility index (Phi) is 5.60. The topological polar surface area (TPSA) is 3.24 Å². The van der Waals surface area contributed by atoms with Crippen molar-refractivity contribution in [2.24, 2.45) is 0 Å². The Bertz CT molecular complexity index is 617. The summed E-state index contributed by atoms with van der Waals surface area (Å²) >= 11 is 0. The Balaban J connectivity index is 1.87. The normalized spacial score (nSPS) is 11.7. The first-order valence-corrected chi connectivity index (χ1v) is 7.09. The van der Waals surface area contributed by atoms with E-state index in [1.807, 2.05) is 44.4 Å². The van der Waals surface area contributed by atoms with Gasteiger partial charge in [-0.25, -0.2) is 0 Å². The number of benzene rings is 2. The molecular formula is C20H21N. The van der Waals surface area contributed by atoms with Gasteiger partial charge in [-0.1, -0.05) is 78.9 Å². The van der Waals surface area contributed by atoms with Gasteiger partial charge < -0.3 is 4.90 Å². The fraction of sp³-hybridized carbons (Fsp3) is 0.100.